The molecule has 2 aromatic rings. The number of piperazine rings is 1. The average molecular weight is 343 g/mol. The first-order valence-corrected chi connectivity index (χ1v) is 8.78. The van der Waals surface area contributed by atoms with E-state index in [-0.39, 0.29) is 12.1 Å². The molecule has 0 radical (unpaired) electrons. The summed E-state index contributed by atoms with van der Waals surface area (Å²) in [5.41, 5.74) is 3.15. The zero-order valence-electron chi connectivity index (χ0n) is 15.1. The van der Waals surface area contributed by atoms with Crippen molar-refractivity contribution in [1.82, 2.24) is 15.0 Å². The van der Waals surface area contributed by atoms with Crippen molar-refractivity contribution in [3.05, 3.63) is 41.6 Å². The average Bonchev–Trinajstić information content (AvgIpc) is 3.11. The molecular weight excluding hydrogens is 318 g/mol. The molecule has 0 saturated carbocycles. The number of amides is 1. The first-order chi connectivity index (χ1) is 12.1. The summed E-state index contributed by atoms with van der Waals surface area (Å²) < 4.78 is 10.6. The molecule has 3 rings (SSSR count). The Balaban J connectivity index is 1.63. The fourth-order valence-electron chi connectivity index (χ4n) is 3.11. The number of aryl methyl sites for hydroxylation is 1. The number of rotatable bonds is 4. The molecule has 0 aliphatic carbocycles. The van der Waals surface area contributed by atoms with Crippen molar-refractivity contribution in [2.24, 2.45) is 0 Å². The van der Waals surface area contributed by atoms with E-state index in [1.807, 2.05) is 25.1 Å². The van der Waals surface area contributed by atoms with Crippen LogP contribution in [0, 0.1) is 6.92 Å². The summed E-state index contributed by atoms with van der Waals surface area (Å²) in [5.74, 6) is 0.788. The van der Waals surface area contributed by atoms with Crippen LogP contribution < -0.4 is 0 Å². The zero-order chi connectivity index (χ0) is 17.8. The van der Waals surface area contributed by atoms with Gasteiger partial charge in [0.05, 0.1) is 12.6 Å². The molecule has 6 nitrogen and oxygen atoms in total. The van der Waals surface area contributed by atoms with Gasteiger partial charge in [0.25, 0.3) is 0 Å². The third-order valence-corrected chi connectivity index (χ3v) is 4.65. The molecule has 0 bridgehead atoms. The molecule has 1 fully saturated rings. The molecule has 1 aromatic carbocycles. The fourth-order valence-corrected chi connectivity index (χ4v) is 3.11. The second-order valence-electron chi connectivity index (χ2n) is 6.38. The van der Waals surface area contributed by atoms with Crippen molar-refractivity contribution in [1.29, 1.82) is 0 Å². The van der Waals surface area contributed by atoms with Gasteiger partial charge in [0.15, 0.2) is 5.76 Å². The van der Waals surface area contributed by atoms with Gasteiger partial charge in [-0.1, -0.05) is 28.9 Å². The van der Waals surface area contributed by atoms with Gasteiger partial charge in [0.1, 0.15) is 5.69 Å². The maximum absolute atomic E-state index is 11.8. The van der Waals surface area contributed by atoms with Gasteiger partial charge in [-0.25, -0.2) is 4.79 Å². The lowest BCUT2D eigenvalue weighted by Gasteiger charge is -2.36. The molecule has 1 aliphatic heterocycles. The highest BCUT2D eigenvalue weighted by atomic mass is 16.6. The Bertz CT molecular complexity index is 720. The molecule has 1 unspecified atom stereocenters. The van der Waals surface area contributed by atoms with E-state index in [1.54, 1.807) is 4.90 Å². The number of ether oxygens (including phenoxy) is 1. The van der Waals surface area contributed by atoms with Gasteiger partial charge < -0.3 is 14.2 Å². The monoisotopic (exact) mass is 343 g/mol. The van der Waals surface area contributed by atoms with Gasteiger partial charge in [0.2, 0.25) is 0 Å². The number of benzene rings is 1. The van der Waals surface area contributed by atoms with E-state index in [2.05, 4.69) is 36.0 Å². The van der Waals surface area contributed by atoms with Gasteiger partial charge in [-0.3, -0.25) is 4.90 Å². The van der Waals surface area contributed by atoms with Crippen LogP contribution in [-0.4, -0.2) is 53.8 Å². The minimum atomic E-state index is -0.224. The molecule has 2 heterocycles. The number of hydrogen-bond donors (Lipinski definition) is 0. The maximum atomic E-state index is 11.8. The highest BCUT2D eigenvalue weighted by Crippen LogP contribution is 2.27. The number of nitrogens with zero attached hydrogens (tertiary/aromatic N) is 3. The van der Waals surface area contributed by atoms with Crippen molar-refractivity contribution < 1.29 is 14.1 Å². The number of hydrogen-bond acceptors (Lipinski definition) is 5. The van der Waals surface area contributed by atoms with Crippen LogP contribution in [0.1, 0.15) is 31.1 Å². The maximum Gasteiger partial charge on any atom is 0.409 e. The fraction of sp³-hybridized carbons (Fsp3) is 0.474. The SMILES string of the molecule is CCOC(=O)N1CCN(C(C)c2cc(-c3cccc(C)c3)on2)CC1. The lowest BCUT2D eigenvalue weighted by molar-refractivity contribution is 0.0675. The molecule has 1 saturated heterocycles. The van der Waals surface area contributed by atoms with Gasteiger partial charge >= 0.3 is 6.09 Å². The molecule has 1 aliphatic rings. The Hall–Kier alpha value is -2.34. The van der Waals surface area contributed by atoms with E-state index in [0.717, 1.165) is 30.1 Å². The van der Waals surface area contributed by atoms with Crippen molar-refractivity contribution in [3.63, 3.8) is 0 Å². The third kappa shape index (κ3) is 4.02. The van der Waals surface area contributed by atoms with E-state index in [9.17, 15) is 4.79 Å². The van der Waals surface area contributed by atoms with E-state index in [1.165, 1.54) is 5.56 Å². The summed E-state index contributed by atoms with van der Waals surface area (Å²) >= 11 is 0. The predicted octanol–water partition coefficient (Wildman–Crippen LogP) is 3.49. The Morgan fingerprint density at radius 1 is 1.28 bits per heavy atom. The smallest absolute Gasteiger partial charge is 0.409 e. The minimum absolute atomic E-state index is 0.145. The van der Waals surface area contributed by atoms with E-state index >= 15 is 0 Å². The molecule has 0 spiro atoms. The molecule has 0 N–H and O–H groups in total. The molecule has 134 valence electrons. The third-order valence-electron chi connectivity index (χ3n) is 4.65. The summed E-state index contributed by atoms with van der Waals surface area (Å²) in [5, 5.41) is 4.26. The largest absolute Gasteiger partial charge is 0.450 e. The van der Waals surface area contributed by atoms with Crippen LogP contribution in [0.2, 0.25) is 0 Å². The van der Waals surface area contributed by atoms with Gasteiger partial charge in [0, 0.05) is 37.8 Å². The first kappa shape index (κ1) is 17.5. The van der Waals surface area contributed by atoms with Gasteiger partial charge in [-0.2, -0.15) is 0 Å². The molecule has 1 atom stereocenters. The Morgan fingerprint density at radius 2 is 2.04 bits per heavy atom. The number of carbonyl (C=O) groups excluding carboxylic acids is 1. The lowest BCUT2D eigenvalue weighted by Crippen LogP contribution is -2.49. The Kier molecular flexibility index (Phi) is 5.38. The number of carbonyl (C=O) groups is 1. The van der Waals surface area contributed by atoms with E-state index in [4.69, 9.17) is 9.26 Å². The van der Waals surface area contributed by atoms with Crippen LogP contribution in [0.25, 0.3) is 11.3 Å². The van der Waals surface area contributed by atoms with Crippen molar-refractivity contribution in [3.8, 4) is 11.3 Å². The lowest BCUT2D eigenvalue weighted by atomic mass is 10.1. The minimum Gasteiger partial charge on any atom is -0.450 e. The second-order valence-corrected chi connectivity index (χ2v) is 6.38. The predicted molar refractivity (Wildman–Crippen MR) is 95.3 cm³/mol. The van der Waals surface area contributed by atoms with Crippen LogP contribution in [0.15, 0.2) is 34.9 Å². The molecule has 1 aromatic heterocycles. The molecule has 1 amide bonds. The van der Waals surface area contributed by atoms with Crippen LogP contribution in [0.5, 0.6) is 0 Å². The zero-order valence-corrected chi connectivity index (χ0v) is 15.1. The number of aromatic nitrogens is 1. The van der Waals surface area contributed by atoms with Gasteiger partial charge in [-0.15, -0.1) is 0 Å². The standard InChI is InChI=1S/C19H25N3O3/c1-4-24-19(23)22-10-8-21(9-11-22)15(3)17-13-18(25-20-17)16-7-5-6-14(2)12-16/h5-7,12-13,15H,4,8-11H2,1-3H3. The first-order valence-electron chi connectivity index (χ1n) is 8.78. The highest BCUT2D eigenvalue weighted by Gasteiger charge is 2.27. The van der Waals surface area contributed by atoms with Crippen molar-refractivity contribution >= 4 is 6.09 Å². The second kappa shape index (κ2) is 7.70. The summed E-state index contributed by atoms with van der Waals surface area (Å²) in [6.45, 7) is 9.36. The van der Waals surface area contributed by atoms with Crippen LogP contribution >= 0.6 is 0 Å². The van der Waals surface area contributed by atoms with Crippen LogP contribution in [-0.2, 0) is 4.74 Å². The highest BCUT2D eigenvalue weighted by molar-refractivity contribution is 5.67. The van der Waals surface area contributed by atoms with E-state index in [0.29, 0.717) is 19.7 Å². The normalized spacial score (nSPS) is 16.7. The van der Waals surface area contributed by atoms with Crippen molar-refractivity contribution in [2.45, 2.75) is 26.8 Å². The molecular formula is C19H25N3O3. The Labute approximate surface area is 148 Å². The summed E-state index contributed by atoms with van der Waals surface area (Å²) in [6, 6.07) is 10.4. The molecule has 25 heavy (non-hydrogen) atoms. The summed E-state index contributed by atoms with van der Waals surface area (Å²) in [4.78, 5) is 15.9. The van der Waals surface area contributed by atoms with Gasteiger partial charge in [-0.05, 0) is 26.8 Å². The Morgan fingerprint density at radius 3 is 2.72 bits per heavy atom. The van der Waals surface area contributed by atoms with Crippen LogP contribution in [0.3, 0.4) is 0 Å². The van der Waals surface area contributed by atoms with Crippen LogP contribution in [0.4, 0.5) is 4.79 Å². The topological polar surface area (TPSA) is 58.8 Å². The van der Waals surface area contributed by atoms with E-state index < -0.39 is 0 Å². The summed E-state index contributed by atoms with van der Waals surface area (Å²) in [7, 11) is 0. The summed E-state index contributed by atoms with van der Waals surface area (Å²) in [6.07, 6.45) is -0.224. The molecule has 6 heteroatoms. The quantitative estimate of drug-likeness (QED) is 0.850. The van der Waals surface area contributed by atoms with Crippen molar-refractivity contribution in [2.75, 3.05) is 32.8 Å².